The molecule has 0 bridgehead atoms. The normalized spacial score (nSPS) is 20.2. The molecule has 0 spiro atoms. The molecule has 0 saturated carbocycles. The number of rotatable bonds is 0. The molecule has 3 rings (SSSR count). The fraction of sp³-hybridized carbons (Fsp3) is 0.273. The Labute approximate surface area is 81.2 Å². The highest BCUT2D eigenvalue weighted by atomic mass is 16.3. The van der Waals surface area contributed by atoms with Crippen LogP contribution in [-0.4, -0.2) is 14.8 Å². The molecule has 0 amide bonds. The lowest BCUT2D eigenvalue weighted by atomic mass is 10.2. The Bertz CT molecular complexity index is 501. The van der Waals surface area contributed by atoms with Crippen molar-refractivity contribution in [2.24, 2.45) is 0 Å². The van der Waals surface area contributed by atoms with Gasteiger partial charge in [-0.3, -0.25) is 0 Å². The highest BCUT2D eigenvalue weighted by Crippen LogP contribution is 2.33. The Morgan fingerprint density at radius 3 is 3.00 bits per heavy atom. The number of fused-ring (bicyclic) bond motifs is 3. The fourth-order valence-electron chi connectivity index (χ4n) is 2.20. The second-order valence-corrected chi connectivity index (χ2v) is 3.77. The summed E-state index contributed by atoms with van der Waals surface area (Å²) in [5, 5.41) is 20.0. The lowest BCUT2D eigenvalue weighted by Crippen LogP contribution is -1.91. The van der Waals surface area contributed by atoms with Crippen LogP contribution in [0.4, 0.5) is 0 Å². The maximum atomic E-state index is 9.67. The third-order valence-corrected chi connectivity index (χ3v) is 2.88. The van der Waals surface area contributed by atoms with E-state index in [0.29, 0.717) is 0 Å². The van der Waals surface area contributed by atoms with Gasteiger partial charge in [0.1, 0.15) is 5.75 Å². The van der Waals surface area contributed by atoms with Crippen molar-refractivity contribution in [3.63, 3.8) is 0 Å². The average Bonchev–Trinajstić information content (AvgIpc) is 2.66. The number of aromatic hydroxyl groups is 1. The molecule has 1 atom stereocenters. The van der Waals surface area contributed by atoms with Gasteiger partial charge in [-0.15, -0.1) is 0 Å². The van der Waals surface area contributed by atoms with Gasteiger partial charge in [-0.2, -0.15) is 0 Å². The number of nitrogens with zero attached hydrogens (tertiary/aromatic N) is 1. The zero-order valence-electron chi connectivity index (χ0n) is 7.64. The molecule has 1 aliphatic heterocycles. The zero-order valence-corrected chi connectivity index (χ0v) is 7.64. The van der Waals surface area contributed by atoms with Crippen LogP contribution in [0.3, 0.4) is 0 Å². The summed E-state index contributed by atoms with van der Waals surface area (Å²) in [5.41, 5.74) is 2.06. The van der Waals surface area contributed by atoms with E-state index < -0.39 is 0 Å². The minimum atomic E-state index is -0.343. The second kappa shape index (κ2) is 2.51. The van der Waals surface area contributed by atoms with Crippen molar-refractivity contribution in [3.8, 4) is 5.75 Å². The highest BCUT2D eigenvalue weighted by Gasteiger charge is 2.22. The number of aliphatic hydroxyl groups is 1. The number of hydrogen-bond acceptors (Lipinski definition) is 2. The van der Waals surface area contributed by atoms with E-state index in [0.717, 1.165) is 29.6 Å². The van der Waals surface area contributed by atoms with E-state index in [1.807, 2.05) is 12.1 Å². The van der Waals surface area contributed by atoms with Crippen LogP contribution in [0.15, 0.2) is 24.3 Å². The molecule has 1 aromatic heterocycles. The minimum Gasteiger partial charge on any atom is -0.508 e. The summed E-state index contributed by atoms with van der Waals surface area (Å²) >= 11 is 0. The Kier molecular flexibility index (Phi) is 1.42. The summed E-state index contributed by atoms with van der Waals surface area (Å²) in [6.45, 7) is 0.866. The first-order chi connectivity index (χ1) is 6.75. The summed E-state index contributed by atoms with van der Waals surface area (Å²) in [7, 11) is 0. The van der Waals surface area contributed by atoms with E-state index in [4.69, 9.17) is 0 Å². The van der Waals surface area contributed by atoms with Gasteiger partial charge in [-0.05, 0) is 30.7 Å². The Hall–Kier alpha value is -1.48. The van der Waals surface area contributed by atoms with Gasteiger partial charge in [0.2, 0.25) is 0 Å². The zero-order chi connectivity index (χ0) is 9.71. The molecule has 72 valence electrons. The van der Waals surface area contributed by atoms with Crippen molar-refractivity contribution in [1.82, 2.24) is 4.57 Å². The van der Waals surface area contributed by atoms with Gasteiger partial charge in [0.15, 0.2) is 0 Å². The second-order valence-electron chi connectivity index (χ2n) is 3.77. The van der Waals surface area contributed by atoms with E-state index in [1.165, 1.54) is 0 Å². The van der Waals surface area contributed by atoms with Crippen LogP contribution in [0, 0.1) is 0 Å². The standard InChI is InChI=1S/C11H11NO2/c13-8-1-2-9-7(5-8)6-10-11(14)3-4-12(9)10/h1-2,5-6,11,13-14H,3-4H2. The molecular weight excluding hydrogens is 178 g/mol. The predicted octanol–water partition coefficient (Wildman–Crippen LogP) is 1.78. The fourth-order valence-corrected chi connectivity index (χ4v) is 2.20. The Morgan fingerprint density at radius 1 is 1.29 bits per heavy atom. The number of phenolic OH excluding ortho intramolecular Hbond substituents is 1. The van der Waals surface area contributed by atoms with E-state index in [2.05, 4.69) is 4.57 Å². The molecule has 3 heteroatoms. The largest absolute Gasteiger partial charge is 0.508 e. The van der Waals surface area contributed by atoms with Crippen molar-refractivity contribution in [3.05, 3.63) is 30.0 Å². The highest BCUT2D eigenvalue weighted by molar-refractivity contribution is 5.83. The molecule has 0 saturated heterocycles. The van der Waals surface area contributed by atoms with Crippen molar-refractivity contribution >= 4 is 10.9 Å². The van der Waals surface area contributed by atoms with Crippen molar-refractivity contribution in [1.29, 1.82) is 0 Å². The quantitative estimate of drug-likeness (QED) is 0.663. The van der Waals surface area contributed by atoms with Crippen LogP contribution in [0.5, 0.6) is 5.75 Å². The van der Waals surface area contributed by atoms with Gasteiger partial charge in [0.25, 0.3) is 0 Å². The third kappa shape index (κ3) is 0.902. The van der Waals surface area contributed by atoms with Crippen LogP contribution in [0.25, 0.3) is 10.9 Å². The molecule has 2 aromatic rings. The van der Waals surface area contributed by atoms with Gasteiger partial charge >= 0.3 is 0 Å². The lowest BCUT2D eigenvalue weighted by Gasteiger charge is -1.99. The summed E-state index contributed by atoms with van der Waals surface area (Å²) in [5.74, 6) is 0.274. The SMILES string of the molecule is Oc1ccc2c(c1)cc1n2CCC1O. The molecule has 3 nitrogen and oxygen atoms in total. The number of aliphatic hydroxyl groups excluding tert-OH is 1. The molecule has 0 aliphatic carbocycles. The van der Waals surface area contributed by atoms with Crippen molar-refractivity contribution < 1.29 is 10.2 Å². The summed E-state index contributed by atoms with van der Waals surface area (Å²) in [4.78, 5) is 0. The maximum Gasteiger partial charge on any atom is 0.116 e. The molecular formula is C11H11NO2. The van der Waals surface area contributed by atoms with Crippen LogP contribution < -0.4 is 0 Å². The van der Waals surface area contributed by atoms with Crippen LogP contribution in [-0.2, 0) is 6.54 Å². The van der Waals surface area contributed by atoms with E-state index in [-0.39, 0.29) is 11.9 Å². The Morgan fingerprint density at radius 2 is 2.14 bits per heavy atom. The lowest BCUT2D eigenvalue weighted by molar-refractivity contribution is 0.180. The average molecular weight is 189 g/mol. The molecule has 0 fully saturated rings. The maximum absolute atomic E-state index is 9.67. The van der Waals surface area contributed by atoms with Crippen molar-refractivity contribution in [2.75, 3.05) is 0 Å². The monoisotopic (exact) mass is 189 g/mol. The number of phenols is 1. The van der Waals surface area contributed by atoms with Crippen LogP contribution in [0.2, 0.25) is 0 Å². The first kappa shape index (κ1) is 7.88. The van der Waals surface area contributed by atoms with Crippen molar-refractivity contribution in [2.45, 2.75) is 19.1 Å². The first-order valence-corrected chi connectivity index (χ1v) is 4.76. The molecule has 1 aliphatic rings. The van der Waals surface area contributed by atoms with Crippen LogP contribution in [0.1, 0.15) is 18.2 Å². The molecule has 1 unspecified atom stereocenters. The van der Waals surface area contributed by atoms with Gasteiger partial charge in [0.05, 0.1) is 6.10 Å². The summed E-state index contributed by atoms with van der Waals surface area (Å²) in [6, 6.07) is 7.26. The van der Waals surface area contributed by atoms with E-state index in [9.17, 15) is 10.2 Å². The predicted molar refractivity (Wildman–Crippen MR) is 53.2 cm³/mol. The van der Waals surface area contributed by atoms with Gasteiger partial charge in [0, 0.05) is 23.1 Å². The number of hydrogen-bond donors (Lipinski definition) is 2. The number of aryl methyl sites for hydroxylation is 1. The summed E-state index contributed by atoms with van der Waals surface area (Å²) in [6.07, 6.45) is 0.455. The Balaban J connectivity index is 2.34. The molecule has 0 radical (unpaired) electrons. The minimum absolute atomic E-state index is 0.274. The van der Waals surface area contributed by atoms with E-state index >= 15 is 0 Å². The third-order valence-electron chi connectivity index (χ3n) is 2.88. The van der Waals surface area contributed by atoms with Crippen LogP contribution >= 0.6 is 0 Å². The number of aromatic nitrogens is 1. The first-order valence-electron chi connectivity index (χ1n) is 4.76. The van der Waals surface area contributed by atoms with Gasteiger partial charge in [-0.25, -0.2) is 0 Å². The van der Waals surface area contributed by atoms with Gasteiger partial charge in [-0.1, -0.05) is 0 Å². The molecule has 2 heterocycles. The molecule has 2 N–H and O–H groups in total. The van der Waals surface area contributed by atoms with Gasteiger partial charge < -0.3 is 14.8 Å². The topological polar surface area (TPSA) is 45.4 Å². The van der Waals surface area contributed by atoms with E-state index in [1.54, 1.807) is 12.1 Å². The smallest absolute Gasteiger partial charge is 0.116 e. The molecule has 14 heavy (non-hydrogen) atoms. The molecule has 1 aromatic carbocycles. The summed E-state index contributed by atoms with van der Waals surface area (Å²) < 4.78 is 2.11. The number of benzene rings is 1.